The Hall–Kier alpha value is -2.31. The van der Waals surface area contributed by atoms with Gasteiger partial charge in [0.25, 0.3) is 0 Å². The Balaban J connectivity index is 1.97. The Morgan fingerprint density at radius 3 is 2.58 bits per heavy atom. The van der Waals surface area contributed by atoms with E-state index in [0.29, 0.717) is 28.2 Å². The number of benzene rings is 2. The fourth-order valence-corrected chi connectivity index (χ4v) is 2.50. The van der Waals surface area contributed by atoms with E-state index in [1.807, 2.05) is 56.3 Å². The van der Waals surface area contributed by atoms with Gasteiger partial charge in [-0.05, 0) is 67.5 Å². The Kier molecular flexibility index (Phi) is 7.69. The van der Waals surface area contributed by atoms with E-state index in [0.717, 1.165) is 11.1 Å². The van der Waals surface area contributed by atoms with Gasteiger partial charge in [0.15, 0.2) is 16.6 Å². The summed E-state index contributed by atoms with van der Waals surface area (Å²) >= 11 is 11.0. The molecule has 0 heterocycles. The second-order valence-corrected chi connectivity index (χ2v) is 6.67. The third kappa shape index (κ3) is 6.54. The fourth-order valence-electron chi connectivity index (χ4n) is 2.09. The lowest BCUT2D eigenvalue weighted by molar-refractivity contribution is 0.284. The molecule has 0 atom stereocenters. The molecule has 2 aromatic rings. The highest BCUT2D eigenvalue weighted by Crippen LogP contribution is 2.28. The lowest BCUT2D eigenvalue weighted by Crippen LogP contribution is -2.36. The van der Waals surface area contributed by atoms with Crippen LogP contribution in [0.15, 0.2) is 47.6 Å². The van der Waals surface area contributed by atoms with Crippen molar-refractivity contribution in [3.63, 3.8) is 0 Å². The number of hydrazone groups is 1. The molecule has 0 bridgehead atoms. The standard InChI is InChI=1S/C19H22ClN3O2S/c1-13(2)22-19(26)23-21-11-15-6-9-17(18(10-15)24-3)25-12-14-4-7-16(20)8-5-14/h4-11,13H,12H2,1-3H3,(H2,22,23,26)/b21-11-. The normalized spacial score (nSPS) is 10.8. The molecule has 0 saturated heterocycles. The summed E-state index contributed by atoms with van der Waals surface area (Å²) in [7, 11) is 1.60. The highest BCUT2D eigenvalue weighted by Gasteiger charge is 2.06. The number of rotatable bonds is 7. The minimum absolute atomic E-state index is 0.252. The van der Waals surface area contributed by atoms with Crippen LogP contribution in [0.2, 0.25) is 5.02 Å². The number of nitrogens with one attached hydrogen (secondary N) is 2. The molecule has 0 aromatic heterocycles. The predicted molar refractivity (Wildman–Crippen MR) is 110 cm³/mol. The van der Waals surface area contributed by atoms with E-state index >= 15 is 0 Å². The van der Waals surface area contributed by atoms with Gasteiger partial charge in [-0.1, -0.05) is 23.7 Å². The summed E-state index contributed by atoms with van der Waals surface area (Å²) < 4.78 is 11.2. The molecular formula is C19H22ClN3O2S. The van der Waals surface area contributed by atoms with Gasteiger partial charge in [-0.15, -0.1) is 0 Å². The van der Waals surface area contributed by atoms with Crippen molar-refractivity contribution in [3.8, 4) is 11.5 Å². The molecule has 138 valence electrons. The molecule has 2 rings (SSSR count). The monoisotopic (exact) mass is 391 g/mol. The molecule has 0 saturated carbocycles. The van der Waals surface area contributed by atoms with Gasteiger partial charge < -0.3 is 14.8 Å². The summed E-state index contributed by atoms with van der Waals surface area (Å²) in [4.78, 5) is 0. The molecule has 5 nitrogen and oxygen atoms in total. The number of hydrogen-bond acceptors (Lipinski definition) is 4. The number of nitrogens with zero attached hydrogens (tertiary/aromatic N) is 1. The smallest absolute Gasteiger partial charge is 0.187 e. The number of methoxy groups -OCH3 is 1. The molecule has 2 N–H and O–H groups in total. The highest BCUT2D eigenvalue weighted by atomic mass is 35.5. The number of hydrogen-bond donors (Lipinski definition) is 2. The third-order valence-electron chi connectivity index (χ3n) is 3.29. The van der Waals surface area contributed by atoms with Gasteiger partial charge in [-0.2, -0.15) is 5.10 Å². The summed E-state index contributed by atoms with van der Waals surface area (Å²) in [5.41, 5.74) is 4.66. The van der Waals surface area contributed by atoms with Crippen molar-refractivity contribution in [2.45, 2.75) is 26.5 Å². The van der Waals surface area contributed by atoms with Crippen molar-refractivity contribution >= 4 is 35.1 Å². The molecular weight excluding hydrogens is 370 g/mol. The van der Waals surface area contributed by atoms with Crippen LogP contribution in [0, 0.1) is 0 Å². The molecule has 0 fully saturated rings. The summed E-state index contributed by atoms with van der Waals surface area (Å²) in [6, 6.07) is 13.4. The van der Waals surface area contributed by atoms with Gasteiger partial charge in [0.1, 0.15) is 6.61 Å². The summed E-state index contributed by atoms with van der Waals surface area (Å²) in [6.07, 6.45) is 1.67. The quantitative estimate of drug-likeness (QED) is 0.422. The summed E-state index contributed by atoms with van der Waals surface area (Å²) in [5, 5.41) is 8.34. The van der Waals surface area contributed by atoms with Gasteiger partial charge in [-0.25, -0.2) is 0 Å². The Labute approximate surface area is 164 Å². The summed E-state index contributed by atoms with van der Waals surface area (Å²) in [6.45, 7) is 4.44. The van der Waals surface area contributed by atoms with Crippen LogP contribution in [-0.2, 0) is 6.61 Å². The molecule has 0 unspecified atom stereocenters. The van der Waals surface area contributed by atoms with Crippen molar-refractivity contribution in [2.75, 3.05) is 7.11 Å². The largest absolute Gasteiger partial charge is 0.493 e. The van der Waals surface area contributed by atoms with Crippen LogP contribution in [0.1, 0.15) is 25.0 Å². The van der Waals surface area contributed by atoms with Crippen molar-refractivity contribution in [1.82, 2.24) is 10.7 Å². The number of halogens is 1. The van der Waals surface area contributed by atoms with Crippen LogP contribution in [0.3, 0.4) is 0 Å². The topological polar surface area (TPSA) is 54.9 Å². The van der Waals surface area contributed by atoms with Gasteiger partial charge >= 0.3 is 0 Å². The van der Waals surface area contributed by atoms with E-state index in [-0.39, 0.29) is 6.04 Å². The van der Waals surface area contributed by atoms with Crippen molar-refractivity contribution in [2.24, 2.45) is 5.10 Å². The van der Waals surface area contributed by atoms with Crippen LogP contribution < -0.4 is 20.2 Å². The SMILES string of the molecule is COc1cc(/C=N\NC(=S)NC(C)C)ccc1OCc1ccc(Cl)cc1. The van der Waals surface area contributed by atoms with E-state index < -0.39 is 0 Å². The molecule has 7 heteroatoms. The molecule has 0 aliphatic rings. The first-order chi connectivity index (χ1) is 12.5. The summed E-state index contributed by atoms with van der Waals surface area (Å²) in [5.74, 6) is 1.29. The maximum atomic E-state index is 5.89. The lowest BCUT2D eigenvalue weighted by Gasteiger charge is -2.12. The first kappa shape index (κ1) is 20.0. The maximum Gasteiger partial charge on any atom is 0.187 e. The van der Waals surface area contributed by atoms with E-state index in [4.69, 9.17) is 33.3 Å². The van der Waals surface area contributed by atoms with Crippen molar-refractivity contribution < 1.29 is 9.47 Å². The predicted octanol–water partition coefficient (Wildman–Crippen LogP) is 4.13. The zero-order chi connectivity index (χ0) is 18.9. The fraction of sp³-hybridized carbons (Fsp3) is 0.263. The van der Waals surface area contributed by atoms with Crippen LogP contribution in [0.25, 0.3) is 0 Å². The minimum Gasteiger partial charge on any atom is -0.493 e. The molecule has 0 radical (unpaired) electrons. The molecule has 0 spiro atoms. The second kappa shape index (κ2) is 9.99. The van der Waals surface area contributed by atoms with Crippen LogP contribution in [0.4, 0.5) is 0 Å². The van der Waals surface area contributed by atoms with E-state index in [1.165, 1.54) is 0 Å². The number of ether oxygens (including phenoxy) is 2. The Bertz CT molecular complexity index is 764. The third-order valence-corrected chi connectivity index (χ3v) is 3.76. The highest BCUT2D eigenvalue weighted by molar-refractivity contribution is 7.80. The minimum atomic E-state index is 0.252. The Morgan fingerprint density at radius 1 is 1.19 bits per heavy atom. The van der Waals surface area contributed by atoms with Gasteiger partial charge in [0.2, 0.25) is 0 Å². The van der Waals surface area contributed by atoms with Crippen LogP contribution in [-0.4, -0.2) is 24.5 Å². The molecule has 2 aromatic carbocycles. The van der Waals surface area contributed by atoms with Crippen molar-refractivity contribution in [1.29, 1.82) is 0 Å². The number of thiocarbonyl (C=S) groups is 1. The molecule has 26 heavy (non-hydrogen) atoms. The Morgan fingerprint density at radius 2 is 1.92 bits per heavy atom. The molecule has 0 amide bonds. The van der Waals surface area contributed by atoms with E-state index in [1.54, 1.807) is 13.3 Å². The second-order valence-electron chi connectivity index (χ2n) is 5.82. The zero-order valence-corrected chi connectivity index (χ0v) is 16.5. The van der Waals surface area contributed by atoms with Gasteiger partial charge in [0.05, 0.1) is 13.3 Å². The van der Waals surface area contributed by atoms with Crippen LogP contribution in [0.5, 0.6) is 11.5 Å². The molecule has 0 aliphatic carbocycles. The van der Waals surface area contributed by atoms with Crippen LogP contribution >= 0.6 is 23.8 Å². The molecule has 0 aliphatic heterocycles. The van der Waals surface area contributed by atoms with E-state index in [9.17, 15) is 0 Å². The van der Waals surface area contributed by atoms with Crippen molar-refractivity contribution in [3.05, 3.63) is 58.6 Å². The lowest BCUT2D eigenvalue weighted by atomic mass is 10.2. The first-order valence-electron chi connectivity index (χ1n) is 8.13. The van der Waals surface area contributed by atoms with Gasteiger partial charge in [-0.3, -0.25) is 5.43 Å². The van der Waals surface area contributed by atoms with Gasteiger partial charge in [0, 0.05) is 11.1 Å². The zero-order valence-electron chi connectivity index (χ0n) is 15.0. The average Bonchev–Trinajstić information content (AvgIpc) is 2.61. The maximum absolute atomic E-state index is 5.89. The average molecular weight is 392 g/mol. The van der Waals surface area contributed by atoms with E-state index in [2.05, 4.69) is 15.8 Å². The first-order valence-corrected chi connectivity index (χ1v) is 8.91.